The summed E-state index contributed by atoms with van der Waals surface area (Å²) in [6.45, 7) is 2.67. The van der Waals surface area contributed by atoms with Crippen molar-refractivity contribution in [1.82, 2.24) is 14.9 Å². The number of carbonyl (C=O) groups excluding carboxylic acids is 2. The van der Waals surface area contributed by atoms with Gasteiger partial charge in [0, 0.05) is 24.2 Å². The van der Waals surface area contributed by atoms with Crippen LogP contribution in [0.2, 0.25) is 0 Å². The molecular weight excluding hydrogens is 396 g/mol. The van der Waals surface area contributed by atoms with Gasteiger partial charge >= 0.3 is 12.0 Å². The Bertz CT molecular complexity index is 1160. The van der Waals surface area contributed by atoms with E-state index in [-0.39, 0.29) is 18.1 Å². The number of nitrogens with zero attached hydrogens (tertiary/aromatic N) is 2. The van der Waals surface area contributed by atoms with Gasteiger partial charge in [0.25, 0.3) is 5.56 Å². The first-order valence-corrected chi connectivity index (χ1v) is 10.1. The van der Waals surface area contributed by atoms with E-state index in [1.807, 2.05) is 30.3 Å². The number of nitrogens with one attached hydrogen (secondary N) is 2. The van der Waals surface area contributed by atoms with Gasteiger partial charge in [-0.25, -0.2) is 14.6 Å². The van der Waals surface area contributed by atoms with Gasteiger partial charge in [-0.1, -0.05) is 30.3 Å². The molecule has 0 fully saturated rings. The number of rotatable bonds is 4. The molecule has 0 bridgehead atoms. The Morgan fingerprint density at radius 1 is 1.13 bits per heavy atom. The average Bonchev–Trinajstić information content (AvgIpc) is 2.80. The second-order valence-electron chi connectivity index (χ2n) is 7.11. The molecule has 0 radical (unpaired) electrons. The smallest absolute Gasteiger partial charge is 0.338 e. The Hall–Kier alpha value is -3.94. The number of H-pyrrole nitrogens is 1. The van der Waals surface area contributed by atoms with Crippen LogP contribution in [-0.4, -0.2) is 40.0 Å². The van der Waals surface area contributed by atoms with Crippen LogP contribution in [0.15, 0.2) is 59.4 Å². The number of benzene rings is 2. The monoisotopic (exact) mass is 418 g/mol. The molecular formula is C23H22N4O4. The Morgan fingerprint density at radius 3 is 2.58 bits per heavy atom. The summed E-state index contributed by atoms with van der Waals surface area (Å²) >= 11 is 0. The third-order valence-corrected chi connectivity index (χ3v) is 5.05. The highest BCUT2D eigenvalue weighted by Crippen LogP contribution is 2.19. The minimum absolute atomic E-state index is 0.180. The molecule has 1 aliphatic rings. The fraction of sp³-hybridized carbons (Fsp3) is 0.217. The van der Waals surface area contributed by atoms with E-state index in [1.165, 1.54) is 0 Å². The van der Waals surface area contributed by atoms with E-state index < -0.39 is 5.97 Å². The fourth-order valence-electron chi connectivity index (χ4n) is 3.44. The van der Waals surface area contributed by atoms with Crippen LogP contribution in [0, 0.1) is 0 Å². The van der Waals surface area contributed by atoms with Gasteiger partial charge < -0.3 is 19.9 Å². The quantitative estimate of drug-likeness (QED) is 0.633. The molecule has 2 aromatic carbocycles. The molecule has 2 heterocycles. The van der Waals surface area contributed by atoms with Gasteiger partial charge in [-0.3, -0.25) is 4.79 Å². The van der Waals surface area contributed by atoms with Crippen LogP contribution in [-0.2, 0) is 17.7 Å². The molecule has 0 atom stereocenters. The van der Waals surface area contributed by atoms with Crippen LogP contribution in [0.3, 0.4) is 0 Å². The zero-order valence-electron chi connectivity index (χ0n) is 17.1. The number of anilines is 1. The van der Waals surface area contributed by atoms with Gasteiger partial charge in [-0.15, -0.1) is 0 Å². The van der Waals surface area contributed by atoms with E-state index in [4.69, 9.17) is 4.74 Å². The van der Waals surface area contributed by atoms with E-state index in [1.54, 1.807) is 36.1 Å². The lowest BCUT2D eigenvalue weighted by Gasteiger charge is -2.28. The Morgan fingerprint density at radius 2 is 1.87 bits per heavy atom. The standard InChI is InChI=1S/C23H22N4O4/c1-2-31-22(29)16-8-10-17(11-9-16)24-23(30)27-13-12-19-18(14-27)21(28)26-20(25-19)15-6-4-3-5-7-15/h3-11H,2,12-14H2,1H3,(H,24,30)(H,25,26,28). The Kier molecular flexibility index (Phi) is 5.79. The van der Waals surface area contributed by atoms with Gasteiger partial charge in [0.15, 0.2) is 0 Å². The first-order valence-electron chi connectivity index (χ1n) is 10.1. The van der Waals surface area contributed by atoms with E-state index in [9.17, 15) is 14.4 Å². The summed E-state index contributed by atoms with van der Waals surface area (Å²) in [5.74, 6) is 0.124. The lowest BCUT2D eigenvalue weighted by molar-refractivity contribution is 0.0526. The maximum absolute atomic E-state index is 12.7. The molecule has 0 unspecified atom stereocenters. The topological polar surface area (TPSA) is 104 Å². The predicted molar refractivity (Wildman–Crippen MR) is 116 cm³/mol. The molecule has 31 heavy (non-hydrogen) atoms. The number of hydrogen-bond acceptors (Lipinski definition) is 5. The minimum atomic E-state index is -0.408. The summed E-state index contributed by atoms with van der Waals surface area (Å²) < 4.78 is 4.95. The largest absolute Gasteiger partial charge is 0.462 e. The van der Waals surface area contributed by atoms with Crippen LogP contribution < -0.4 is 10.9 Å². The Balaban J connectivity index is 1.45. The number of aromatic amines is 1. The minimum Gasteiger partial charge on any atom is -0.462 e. The van der Waals surface area contributed by atoms with E-state index in [0.717, 1.165) is 5.56 Å². The number of amides is 2. The first kappa shape index (κ1) is 20.3. The zero-order chi connectivity index (χ0) is 21.8. The highest BCUT2D eigenvalue weighted by atomic mass is 16.5. The van der Waals surface area contributed by atoms with Crippen molar-refractivity contribution in [2.75, 3.05) is 18.5 Å². The highest BCUT2D eigenvalue weighted by Gasteiger charge is 2.25. The van der Waals surface area contributed by atoms with Crippen molar-refractivity contribution in [2.24, 2.45) is 0 Å². The molecule has 0 saturated carbocycles. The number of fused-ring (bicyclic) bond motifs is 1. The normalized spacial score (nSPS) is 12.7. The summed E-state index contributed by atoms with van der Waals surface area (Å²) in [6.07, 6.45) is 0.494. The molecule has 1 aliphatic heterocycles. The number of carbonyl (C=O) groups is 2. The summed E-state index contributed by atoms with van der Waals surface area (Å²) in [4.78, 5) is 46.1. The summed E-state index contributed by atoms with van der Waals surface area (Å²) in [7, 11) is 0. The molecule has 0 saturated heterocycles. The molecule has 0 aliphatic carbocycles. The average molecular weight is 418 g/mol. The van der Waals surface area contributed by atoms with Gasteiger partial charge in [0.2, 0.25) is 0 Å². The molecule has 2 amide bonds. The number of urea groups is 1. The van der Waals surface area contributed by atoms with Crippen LogP contribution >= 0.6 is 0 Å². The van der Waals surface area contributed by atoms with Gasteiger partial charge in [0.05, 0.1) is 30.0 Å². The van der Waals surface area contributed by atoms with Crippen molar-refractivity contribution in [2.45, 2.75) is 19.9 Å². The summed E-state index contributed by atoms with van der Waals surface area (Å²) in [5, 5.41) is 2.80. The van der Waals surface area contributed by atoms with E-state index in [2.05, 4.69) is 15.3 Å². The molecule has 3 aromatic rings. The van der Waals surface area contributed by atoms with Gasteiger partial charge in [-0.05, 0) is 31.2 Å². The van der Waals surface area contributed by atoms with E-state index in [0.29, 0.717) is 47.9 Å². The number of hydrogen-bond donors (Lipinski definition) is 2. The molecule has 4 rings (SSSR count). The van der Waals surface area contributed by atoms with Crippen LogP contribution in [0.4, 0.5) is 10.5 Å². The van der Waals surface area contributed by atoms with Gasteiger partial charge in [0.1, 0.15) is 5.82 Å². The second-order valence-corrected chi connectivity index (χ2v) is 7.11. The molecule has 8 nitrogen and oxygen atoms in total. The zero-order valence-corrected chi connectivity index (χ0v) is 17.1. The predicted octanol–water partition coefficient (Wildman–Crippen LogP) is 3.20. The first-order chi connectivity index (χ1) is 15.0. The third kappa shape index (κ3) is 4.48. The lowest BCUT2D eigenvalue weighted by Crippen LogP contribution is -2.41. The lowest BCUT2D eigenvalue weighted by atomic mass is 10.1. The fourth-order valence-corrected chi connectivity index (χ4v) is 3.44. The maximum atomic E-state index is 12.7. The number of esters is 1. The van der Waals surface area contributed by atoms with Crippen molar-refractivity contribution >= 4 is 17.7 Å². The maximum Gasteiger partial charge on any atom is 0.338 e. The van der Waals surface area contributed by atoms with Crippen molar-refractivity contribution in [3.05, 3.63) is 81.8 Å². The summed E-state index contributed by atoms with van der Waals surface area (Å²) in [5.41, 5.74) is 2.78. The third-order valence-electron chi connectivity index (χ3n) is 5.05. The SMILES string of the molecule is CCOC(=O)c1ccc(NC(=O)N2CCc3nc(-c4ccccc4)[nH]c(=O)c3C2)cc1. The van der Waals surface area contributed by atoms with Gasteiger partial charge in [-0.2, -0.15) is 0 Å². The van der Waals surface area contributed by atoms with Crippen molar-refractivity contribution in [3.8, 4) is 11.4 Å². The van der Waals surface area contributed by atoms with Crippen LogP contribution in [0.5, 0.6) is 0 Å². The second kappa shape index (κ2) is 8.83. The molecule has 1 aromatic heterocycles. The van der Waals surface area contributed by atoms with Crippen LogP contribution in [0.1, 0.15) is 28.5 Å². The number of aromatic nitrogens is 2. The molecule has 2 N–H and O–H groups in total. The molecule has 158 valence electrons. The number of ether oxygens (including phenoxy) is 1. The van der Waals surface area contributed by atoms with Crippen molar-refractivity contribution < 1.29 is 14.3 Å². The van der Waals surface area contributed by atoms with E-state index >= 15 is 0 Å². The Labute approximate surface area is 178 Å². The van der Waals surface area contributed by atoms with Crippen molar-refractivity contribution in [1.29, 1.82) is 0 Å². The summed E-state index contributed by atoms with van der Waals surface area (Å²) in [6, 6.07) is 15.6. The molecule has 8 heteroatoms. The molecule has 0 spiro atoms. The van der Waals surface area contributed by atoms with Crippen molar-refractivity contribution in [3.63, 3.8) is 0 Å². The van der Waals surface area contributed by atoms with Crippen LogP contribution in [0.25, 0.3) is 11.4 Å². The highest BCUT2D eigenvalue weighted by molar-refractivity contribution is 5.92.